The number of carbonyl (C=O) groups is 1. The summed E-state index contributed by atoms with van der Waals surface area (Å²) in [5.41, 5.74) is 3.00. The Balaban J connectivity index is 1.19. The molecular formula is C52H86N8O12S. The molecule has 1 aromatic carbocycles. The molecule has 0 radical (unpaired) electrons. The number of aliphatic hydroxyl groups is 5. The number of ether oxygens (including phenoxy) is 6. The highest BCUT2D eigenvalue weighted by molar-refractivity contribution is 7.18. The molecule has 18 atom stereocenters. The van der Waals surface area contributed by atoms with Crippen LogP contribution in [-0.2, 0) is 41.4 Å². The second-order valence-electron chi connectivity index (χ2n) is 22.2. The van der Waals surface area contributed by atoms with Crippen molar-refractivity contribution in [1.82, 2.24) is 35.0 Å². The van der Waals surface area contributed by atoms with Crippen molar-refractivity contribution in [3.05, 3.63) is 36.2 Å². The second kappa shape index (κ2) is 24.7. The Hall–Kier alpha value is -3.45. The second-order valence-corrected chi connectivity index (χ2v) is 23.2. The van der Waals surface area contributed by atoms with Gasteiger partial charge in [-0.2, -0.15) is 0 Å². The van der Waals surface area contributed by atoms with Crippen LogP contribution >= 0.6 is 11.3 Å². The molecule has 3 fully saturated rings. The standard InChI is InChI=1S/C52H86N8O12S/c1-14-40-52(10,66)43(62)33(6)59(12)27-29(2)25-50(8,65)45(31(4)41(32(5)47(64)71-40)39-26-51(9,67-13)44(63)34(7)70-39)72-48-42(61)38(24-30(3)69-48)58(11)22-20-36-28-60(57-54-36)21-15-23-68-37-18-16-35(17-19-37)46-55-56-49(53)73-46/h16-19,28-34,38-45,48,61-63,65-66H,14-15,20-27H2,1-13H3,(H2,53,56)/t29-,30-,31+,32-,33-,34+,38+,39?,40-,41+,42-,43-,44+,45-,48+,50-,51-,52-/m1/s1. The van der Waals surface area contributed by atoms with Gasteiger partial charge < -0.3 is 69.5 Å². The third-order valence-corrected chi connectivity index (χ3v) is 16.9. The van der Waals surface area contributed by atoms with Crippen molar-refractivity contribution in [2.24, 2.45) is 23.7 Å². The highest BCUT2D eigenvalue weighted by atomic mass is 32.1. The van der Waals surface area contributed by atoms with Crippen LogP contribution in [0.5, 0.6) is 5.75 Å². The fourth-order valence-electron chi connectivity index (χ4n) is 11.7. The summed E-state index contributed by atoms with van der Waals surface area (Å²) in [4.78, 5) is 18.6. The first-order chi connectivity index (χ1) is 34.3. The number of aromatic nitrogens is 5. The summed E-state index contributed by atoms with van der Waals surface area (Å²) in [6, 6.07) is 6.69. The third-order valence-electron chi connectivity index (χ3n) is 16.1. The summed E-state index contributed by atoms with van der Waals surface area (Å²) in [5, 5.41) is 78.0. The Labute approximate surface area is 435 Å². The number of nitrogens with zero attached hydrogens (tertiary/aromatic N) is 7. The van der Waals surface area contributed by atoms with Crippen molar-refractivity contribution < 1.29 is 58.7 Å². The number of cyclic esters (lactones) is 1. The first-order valence-corrected chi connectivity index (χ1v) is 26.9. The number of likely N-dealkylation sites (N-methyl/N-ethyl adjacent to an activating group) is 2. The van der Waals surface area contributed by atoms with Crippen molar-refractivity contribution in [1.29, 1.82) is 0 Å². The summed E-state index contributed by atoms with van der Waals surface area (Å²) in [7, 11) is 5.34. The molecule has 3 aliphatic rings. The van der Waals surface area contributed by atoms with Gasteiger partial charge in [0.1, 0.15) is 40.8 Å². The lowest BCUT2D eigenvalue weighted by Crippen LogP contribution is -2.62. The van der Waals surface area contributed by atoms with E-state index in [1.807, 2.05) is 84.1 Å². The van der Waals surface area contributed by atoms with Crippen molar-refractivity contribution in [3.63, 3.8) is 0 Å². The van der Waals surface area contributed by atoms with Gasteiger partial charge >= 0.3 is 5.97 Å². The van der Waals surface area contributed by atoms with Gasteiger partial charge in [0.2, 0.25) is 5.13 Å². The van der Waals surface area contributed by atoms with E-state index >= 15 is 0 Å². The number of rotatable bonds is 15. The van der Waals surface area contributed by atoms with Crippen LogP contribution in [0.1, 0.15) is 107 Å². The molecular weight excluding hydrogens is 961 g/mol. The fourth-order valence-corrected chi connectivity index (χ4v) is 12.3. The predicted octanol–water partition coefficient (Wildman–Crippen LogP) is 3.95. The van der Waals surface area contributed by atoms with E-state index in [-0.39, 0.29) is 31.3 Å². The molecule has 73 heavy (non-hydrogen) atoms. The molecule has 1 unspecified atom stereocenters. The maximum atomic E-state index is 14.6. The van der Waals surface area contributed by atoms with Gasteiger partial charge in [0.25, 0.3) is 0 Å². The van der Waals surface area contributed by atoms with E-state index in [1.165, 1.54) is 25.4 Å². The molecule has 0 amide bonds. The lowest BCUT2D eigenvalue weighted by Gasteiger charge is -2.51. The van der Waals surface area contributed by atoms with E-state index in [4.69, 9.17) is 34.2 Å². The lowest BCUT2D eigenvalue weighted by atomic mass is 9.68. The van der Waals surface area contributed by atoms with Gasteiger partial charge in [0.15, 0.2) is 6.29 Å². The van der Waals surface area contributed by atoms with Gasteiger partial charge in [-0.15, -0.1) is 15.3 Å². The van der Waals surface area contributed by atoms with E-state index in [9.17, 15) is 30.3 Å². The maximum Gasteiger partial charge on any atom is 0.309 e. The number of benzene rings is 1. The molecule has 3 aliphatic heterocycles. The molecule has 7 N–H and O–H groups in total. The Morgan fingerprint density at radius 2 is 1.67 bits per heavy atom. The molecule has 0 saturated carbocycles. The van der Waals surface area contributed by atoms with E-state index in [1.54, 1.807) is 32.4 Å². The molecule has 21 heteroatoms. The third kappa shape index (κ3) is 13.9. The Morgan fingerprint density at radius 1 is 0.973 bits per heavy atom. The van der Waals surface area contributed by atoms with Crippen LogP contribution < -0.4 is 10.5 Å². The van der Waals surface area contributed by atoms with E-state index in [0.29, 0.717) is 50.6 Å². The Bertz CT molecular complexity index is 2200. The summed E-state index contributed by atoms with van der Waals surface area (Å²) in [5.74, 6) is -2.38. The molecule has 2 aromatic heterocycles. The number of hydrogen-bond acceptors (Lipinski definition) is 20. The van der Waals surface area contributed by atoms with Gasteiger partial charge in [0, 0.05) is 75.8 Å². The zero-order valence-electron chi connectivity index (χ0n) is 45.3. The summed E-state index contributed by atoms with van der Waals surface area (Å²) >= 11 is 1.33. The molecule has 0 bridgehead atoms. The van der Waals surface area contributed by atoms with Gasteiger partial charge in [-0.25, -0.2) is 0 Å². The maximum absolute atomic E-state index is 14.6. The number of anilines is 1. The Kier molecular flexibility index (Phi) is 19.9. The number of nitrogen functional groups attached to an aromatic ring is 1. The average molecular weight is 1050 g/mol. The van der Waals surface area contributed by atoms with Crippen LogP contribution in [0.3, 0.4) is 0 Å². The number of aliphatic hydroxyl groups excluding tert-OH is 3. The fraction of sp³-hybridized carbons (Fsp3) is 0.788. The van der Waals surface area contributed by atoms with Gasteiger partial charge in [-0.3, -0.25) is 9.48 Å². The molecule has 20 nitrogen and oxygen atoms in total. The molecule has 0 spiro atoms. The molecule has 5 heterocycles. The monoisotopic (exact) mass is 1050 g/mol. The van der Waals surface area contributed by atoms with E-state index in [2.05, 4.69) is 25.4 Å². The molecule has 3 saturated heterocycles. The number of carbonyl (C=O) groups excluding carboxylic acids is 1. The summed E-state index contributed by atoms with van der Waals surface area (Å²) in [6.45, 7) is 20.1. The first-order valence-electron chi connectivity index (χ1n) is 26.1. The Morgan fingerprint density at radius 3 is 2.32 bits per heavy atom. The van der Waals surface area contributed by atoms with Gasteiger partial charge in [-0.1, -0.05) is 44.2 Å². The smallest absolute Gasteiger partial charge is 0.309 e. The predicted molar refractivity (Wildman–Crippen MR) is 275 cm³/mol. The molecule has 412 valence electrons. The number of methoxy groups -OCH3 is 1. The van der Waals surface area contributed by atoms with Crippen molar-refractivity contribution in [2.75, 3.05) is 46.6 Å². The minimum Gasteiger partial charge on any atom is -0.494 e. The van der Waals surface area contributed by atoms with Gasteiger partial charge in [0.05, 0.1) is 53.8 Å². The van der Waals surface area contributed by atoms with E-state index < -0.39 is 102 Å². The van der Waals surface area contributed by atoms with Crippen molar-refractivity contribution in [2.45, 2.75) is 198 Å². The molecule has 0 aliphatic carbocycles. The highest BCUT2D eigenvalue weighted by Crippen LogP contribution is 2.45. The van der Waals surface area contributed by atoms with Crippen LogP contribution in [0, 0.1) is 23.7 Å². The minimum atomic E-state index is -1.81. The quantitative estimate of drug-likeness (QED) is 0.0930. The molecule has 6 rings (SSSR count). The normalized spacial score (nSPS) is 38.7. The minimum absolute atomic E-state index is 0.171. The van der Waals surface area contributed by atoms with E-state index in [0.717, 1.165) is 22.0 Å². The number of hydrogen-bond donors (Lipinski definition) is 6. The average Bonchev–Trinajstić information content (AvgIpc) is 4.00. The largest absolute Gasteiger partial charge is 0.494 e. The van der Waals surface area contributed by atoms with Crippen molar-refractivity contribution in [3.8, 4) is 16.3 Å². The molecule has 3 aromatic rings. The van der Waals surface area contributed by atoms with Crippen LogP contribution in [0.4, 0.5) is 5.13 Å². The van der Waals surface area contributed by atoms with Crippen molar-refractivity contribution >= 4 is 22.4 Å². The number of nitrogens with two attached hydrogens (primary N) is 1. The van der Waals surface area contributed by atoms with Crippen LogP contribution in [0.25, 0.3) is 10.6 Å². The zero-order chi connectivity index (χ0) is 53.7. The summed E-state index contributed by atoms with van der Waals surface area (Å²) in [6.07, 6.45) is -4.11. The zero-order valence-corrected chi connectivity index (χ0v) is 46.1. The number of esters is 1. The lowest BCUT2D eigenvalue weighted by molar-refractivity contribution is -0.302. The number of aryl methyl sites for hydroxylation is 1. The van der Waals surface area contributed by atoms with Gasteiger partial charge in [-0.05, 0) is 111 Å². The SMILES string of the molecule is CC[C@H]1OC(=O)[C@H](C)[C@@H](C2C[C@@](C)(OC)[C@@H](O)[C@H](C)O2)[C@H](C)[C@@H](O[C@@H]2O[C@H](C)C[C@H](N(C)CCc3cn(CCCOc4ccc(-c5nnc(N)s5)cc4)nn3)[C@H]2O)[C@](C)(O)C[C@@H](C)CN(C)[C@H](C)[C@@H](O)[C@]1(C)O. The van der Waals surface area contributed by atoms with Crippen LogP contribution in [0.15, 0.2) is 30.5 Å². The van der Waals surface area contributed by atoms with Crippen LogP contribution in [-0.4, -0.2) is 191 Å². The highest BCUT2D eigenvalue weighted by Gasteiger charge is 2.55. The first kappa shape index (κ1) is 58.8. The van der Waals surface area contributed by atoms with Crippen LogP contribution in [0.2, 0.25) is 0 Å². The summed E-state index contributed by atoms with van der Waals surface area (Å²) < 4.78 is 40.0. The topological polar surface area (TPSA) is 263 Å².